The maximum atomic E-state index is 12.1. The van der Waals surface area contributed by atoms with Crippen LogP contribution >= 0.6 is 0 Å². The van der Waals surface area contributed by atoms with Gasteiger partial charge in [-0.25, -0.2) is 4.79 Å². The summed E-state index contributed by atoms with van der Waals surface area (Å²) in [6.07, 6.45) is 0.645. The SMILES string of the molecule is CCCCNC[C@H](O)[C@H](Cc1ccc(OCc2ccccc2)cc1)N(C(=O)O)C(C)(C)C. The van der Waals surface area contributed by atoms with Gasteiger partial charge in [0.25, 0.3) is 0 Å². The van der Waals surface area contributed by atoms with E-state index in [4.69, 9.17) is 4.74 Å². The maximum absolute atomic E-state index is 12.1. The molecule has 6 nitrogen and oxygen atoms in total. The first-order valence-corrected chi connectivity index (χ1v) is 11.4. The molecule has 176 valence electrons. The molecule has 3 N–H and O–H groups in total. The predicted molar refractivity (Wildman–Crippen MR) is 128 cm³/mol. The summed E-state index contributed by atoms with van der Waals surface area (Å²) in [4.78, 5) is 13.5. The predicted octanol–water partition coefficient (Wildman–Crippen LogP) is 4.71. The molecule has 2 atom stereocenters. The molecule has 32 heavy (non-hydrogen) atoms. The van der Waals surface area contributed by atoms with Gasteiger partial charge in [-0.05, 0) is 63.4 Å². The normalized spacial score (nSPS) is 13.4. The van der Waals surface area contributed by atoms with E-state index in [-0.39, 0.29) is 0 Å². The van der Waals surface area contributed by atoms with E-state index in [1.54, 1.807) is 0 Å². The summed E-state index contributed by atoms with van der Waals surface area (Å²) in [6, 6.07) is 17.1. The van der Waals surface area contributed by atoms with Crippen LogP contribution in [0.1, 0.15) is 51.7 Å². The summed E-state index contributed by atoms with van der Waals surface area (Å²) in [5.41, 5.74) is 1.40. The number of benzene rings is 2. The molecule has 0 saturated heterocycles. The van der Waals surface area contributed by atoms with Gasteiger partial charge in [0.2, 0.25) is 0 Å². The molecular weight excluding hydrogens is 404 g/mol. The lowest BCUT2D eigenvalue weighted by Gasteiger charge is -2.42. The number of unbranched alkanes of at least 4 members (excludes halogenated alkanes) is 1. The second kappa shape index (κ2) is 12.5. The van der Waals surface area contributed by atoms with Gasteiger partial charge in [0.05, 0.1) is 12.1 Å². The molecular formula is C26H38N2O4. The van der Waals surface area contributed by atoms with Gasteiger partial charge < -0.3 is 20.3 Å². The number of rotatable bonds is 12. The van der Waals surface area contributed by atoms with Crippen molar-refractivity contribution in [2.24, 2.45) is 0 Å². The molecule has 2 aromatic carbocycles. The fourth-order valence-electron chi connectivity index (χ4n) is 3.72. The Morgan fingerprint density at radius 1 is 1.06 bits per heavy atom. The van der Waals surface area contributed by atoms with Crippen molar-refractivity contribution in [2.45, 2.75) is 71.2 Å². The minimum absolute atomic E-state index is 0.350. The van der Waals surface area contributed by atoms with Crippen molar-refractivity contribution >= 4 is 6.09 Å². The minimum atomic E-state index is -1.03. The lowest BCUT2D eigenvalue weighted by molar-refractivity contribution is 0.00787. The molecule has 0 aromatic heterocycles. The van der Waals surface area contributed by atoms with E-state index in [2.05, 4.69) is 12.2 Å². The highest BCUT2D eigenvalue weighted by molar-refractivity contribution is 5.66. The van der Waals surface area contributed by atoms with Crippen LogP contribution in [0.5, 0.6) is 5.75 Å². The number of carbonyl (C=O) groups is 1. The largest absolute Gasteiger partial charge is 0.489 e. The second-order valence-electron chi connectivity index (χ2n) is 9.14. The molecule has 0 aliphatic heterocycles. The number of nitrogens with zero attached hydrogens (tertiary/aromatic N) is 1. The van der Waals surface area contributed by atoms with Gasteiger partial charge >= 0.3 is 6.09 Å². The summed E-state index contributed by atoms with van der Waals surface area (Å²) in [7, 11) is 0. The summed E-state index contributed by atoms with van der Waals surface area (Å²) < 4.78 is 5.85. The number of nitrogens with one attached hydrogen (secondary N) is 1. The highest BCUT2D eigenvalue weighted by Gasteiger charge is 2.37. The number of hydrogen-bond donors (Lipinski definition) is 3. The molecule has 1 amide bonds. The lowest BCUT2D eigenvalue weighted by Crippen LogP contribution is -2.58. The van der Waals surface area contributed by atoms with Gasteiger partial charge in [-0.2, -0.15) is 0 Å². The van der Waals surface area contributed by atoms with Crippen LogP contribution in [0, 0.1) is 0 Å². The quantitative estimate of drug-likeness (QED) is 0.415. The Morgan fingerprint density at radius 3 is 2.28 bits per heavy atom. The van der Waals surface area contributed by atoms with Crippen LogP contribution in [0.2, 0.25) is 0 Å². The van der Waals surface area contributed by atoms with Crippen LogP contribution in [0.3, 0.4) is 0 Å². The van der Waals surface area contributed by atoms with E-state index >= 15 is 0 Å². The van der Waals surface area contributed by atoms with E-state index in [1.807, 2.05) is 75.4 Å². The van der Waals surface area contributed by atoms with Crippen LogP contribution in [-0.4, -0.2) is 52.0 Å². The maximum Gasteiger partial charge on any atom is 0.408 e. The summed E-state index contributed by atoms with van der Waals surface area (Å²) in [6.45, 7) is 9.31. The number of hydrogen-bond acceptors (Lipinski definition) is 4. The topological polar surface area (TPSA) is 82.0 Å². The van der Waals surface area contributed by atoms with Crippen LogP contribution in [0.4, 0.5) is 4.79 Å². The first kappa shape index (κ1) is 25.7. The van der Waals surface area contributed by atoms with Gasteiger partial charge in [-0.3, -0.25) is 4.90 Å². The van der Waals surface area contributed by atoms with Crippen molar-refractivity contribution in [3.8, 4) is 5.75 Å². The number of aliphatic hydroxyl groups is 1. The molecule has 0 spiro atoms. The van der Waals surface area contributed by atoms with Crippen molar-refractivity contribution in [3.63, 3.8) is 0 Å². The molecule has 0 aliphatic rings. The number of carboxylic acid groups (broad SMARTS) is 1. The van der Waals surface area contributed by atoms with Gasteiger partial charge in [0.15, 0.2) is 0 Å². The highest BCUT2D eigenvalue weighted by Crippen LogP contribution is 2.24. The van der Waals surface area contributed by atoms with Gasteiger partial charge in [0.1, 0.15) is 12.4 Å². The van der Waals surface area contributed by atoms with Crippen LogP contribution < -0.4 is 10.1 Å². The first-order valence-electron chi connectivity index (χ1n) is 11.4. The molecule has 0 unspecified atom stereocenters. The summed E-state index contributed by atoms with van der Waals surface area (Å²) in [5, 5.41) is 24.1. The third-order valence-corrected chi connectivity index (χ3v) is 5.38. The molecule has 0 bridgehead atoms. The van der Waals surface area contributed by atoms with Crippen molar-refractivity contribution < 1.29 is 19.7 Å². The van der Waals surface area contributed by atoms with E-state index in [0.717, 1.165) is 36.3 Å². The van der Waals surface area contributed by atoms with E-state index in [9.17, 15) is 15.0 Å². The Labute approximate surface area is 192 Å². The minimum Gasteiger partial charge on any atom is -0.489 e. The van der Waals surface area contributed by atoms with Crippen molar-refractivity contribution in [1.82, 2.24) is 10.2 Å². The monoisotopic (exact) mass is 442 g/mol. The zero-order chi connectivity index (χ0) is 23.6. The fraction of sp³-hybridized carbons (Fsp3) is 0.500. The van der Waals surface area contributed by atoms with Crippen LogP contribution in [-0.2, 0) is 13.0 Å². The Hall–Kier alpha value is -2.57. The molecule has 2 rings (SSSR count). The van der Waals surface area contributed by atoms with E-state index in [1.165, 1.54) is 4.90 Å². The second-order valence-corrected chi connectivity index (χ2v) is 9.14. The Bertz CT molecular complexity index is 803. The van der Waals surface area contributed by atoms with Gasteiger partial charge in [0, 0.05) is 12.1 Å². The average Bonchev–Trinajstić information content (AvgIpc) is 2.75. The Kier molecular flexibility index (Phi) is 10.0. The third kappa shape index (κ3) is 8.17. The van der Waals surface area contributed by atoms with Crippen molar-refractivity contribution in [2.75, 3.05) is 13.1 Å². The lowest BCUT2D eigenvalue weighted by atomic mass is 9.94. The Balaban J connectivity index is 2.10. The van der Waals surface area contributed by atoms with E-state index in [0.29, 0.717) is 19.6 Å². The molecule has 0 heterocycles. The number of aliphatic hydroxyl groups excluding tert-OH is 1. The van der Waals surface area contributed by atoms with Crippen molar-refractivity contribution in [1.29, 1.82) is 0 Å². The Morgan fingerprint density at radius 2 is 1.72 bits per heavy atom. The molecule has 2 aromatic rings. The zero-order valence-corrected chi connectivity index (χ0v) is 19.8. The average molecular weight is 443 g/mol. The fourth-order valence-corrected chi connectivity index (χ4v) is 3.72. The van der Waals surface area contributed by atoms with Gasteiger partial charge in [-0.1, -0.05) is 55.8 Å². The smallest absolute Gasteiger partial charge is 0.408 e. The molecule has 0 fully saturated rings. The number of ether oxygens (including phenoxy) is 1. The standard InChI is InChI=1S/C26H38N2O4/c1-5-6-16-27-18-24(29)23(28(25(30)31)26(2,3)4)17-20-12-14-22(15-13-20)32-19-21-10-8-7-9-11-21/h7-15,23-24,27,29H,5-6,16-19H2,1-4H3,(H,30,31)/t23-,24-/m0/s1. The summed E-state index contributed by atoms with van der Waals surface area (Å²) in [5.74, 6) is 0.752. The summed E-state index contributed by atoms with van der Waals surface area (Å²) >= 11 is 0. The number of amides is 1. The van der Waals surface area contributed by atoms with Crippen molar-refractivity contribution in [3.05, 3.63) is 65.7 Å². The zero-order valence-electron chi connectivity index (χ0n) is 19.8. The molecule has 0 aliphatic carbocycles. The highest BCUT2D eigenvalue weighted by atomic mass is 16.5. The van der Waals surface area contributed by atoms with E-state index < -0.39 is 23.8 Å². The first-order chi connectivity index (χ1) is 15.2. The molecule has 0 radical (unpaired) electrons. The molecule has 6 heteroatoms. The van der Waals surface area contributed by atoms with Crippen LogP contribution in [0.15, 0.2) is 54.6 Å². The third-order valence-electron chi connectivity index (χ3n) is 5.38. The van der Waals surface area contributed by atoms with Gasteiger partial charge in [-0.15, -0.1) is 0 Å². The molecule has 0 saturated carbocycles. The van der Waals surface area contributed by atoms with Crippen LogP contribution in [0.25, 0.3) is 0 Å².